The van der Waals surface area contributed by atoms with Gasteiger partial charge in [-0.3, -0.25) is 5.10 Å². The minimum absolute atomic E-state index is 0.576. The van der Waals surface area contributed by atoms with Crippen LogP contribution in [0.2, 0.25) is 0 Å². The summed E-state index contributed by atoms with van der Waals surface area (Å²) >= 11 is 0. The van der Waals surface area contributed by atoms with Crippen molar-refractivity contribution in [1.82, 2.24) is 10.2 Å². The van der Waals surface area contributed by atoms with Gasteiger partial charge in [0.05, 0.1) is 5.69 Å². The summed E-state index contributed by atoms with van der Waals surface area (Å²) in [7, 11) is 0. The zero-order valence-corrected chi connectivity index (χ0v) is 5.44. The van der Waals surface area contributed by atoms with Crippen molar-refractivity contribution >= 4 is 5.82 Å². The van der Waals surface area contributed by atoms with Crippen molar-refractivity contribution in [3.63, 3.8) is 0 Å². The van der Waals surface area contributed by atoms with Gasteiger partial charge >= 0.3 is 0 Å². The molecule has 0 atom stereocenters. The van der Waals surface area contributed by atoms with E-state index in [4.69, 9.17) is 5.73 Å². The fourth-order valence-electron chi connectivity index (χ4n) is 0.711. The lowest BCUT2D eigenvalue weighted by Gasteiger charge is -1.88. The number of rotatable bonds is 1. The van der Waals surface area contributed by atoms with Gasteiger partial charge in [0.15, 0.2) is 0 Å². The second kappa shape index (κ2) is 2.09. The van der Waals surface area contributed by atoms with Crippen molar-refractivity contribution in [2.24, 2.45) is 0 Å². The molecule has 3 nitrogen and oxygen atoms in total. The summed E-state index contributed by atoms with van der Waals surface area (Å²) < 4.78 is 0. The topological polar surface area (TPSA) is 54.7 Å². The lowest BCUT2D eigenvalue weighted by molar-refractivity contribution is 0.974. The summed E-state index contributed by atoms with van der Waals surface area (Å²) in [6.45, 7) is 5.75. The summed E-state index contributed by atoms with van der Waals surface area (Å²) in [6.07, 6.45) is 0.881. The van der Waals surface area contributed by atoms with E-state index >= 15 is 0 Å². The molecule has 0 unspecified atom stereocenters. The molecule has 0 saturated carbocycles. The molecule has 0 amide bonds. The van der Waals surface area contributed by atoms with Gasteiger partial charge in [0.2, 0.25) is 0 Å². The van der Waals surface area contributed by atoms with E-state index in [2.05, 4.69) is 17.1 Å². The van der Waals surface area contributed by atoms with Crippen molar-refractivity contribution in [1.29, 1.82) is 0 Å². The summed E-state index contributed by atoms with van der Waals surface area (Å²) in [5.74, 6) is 0.576. The molecule has 0 saturated heterocycles. The van der Waals surface area contributed by atoms with Crippen molar-refractivity contribution in [2.75, 3.05) is 5.73 Å². The number of aromatic nitrogens is 2. The average Bonchev–Trinajstić information content (AvgIpc) is 2.15. The minimum atomic E-state index is 0.576. The number of nitrogens with two attached hydrogens (primary N) is 1. The first-order chi connectivity index (χ1) is 4.25. The number of hydrogen-bond acceptors (Lipinski definition) is 2. The Kier molecular flexibility index (Phi) is 1.42. The molecule has 0 aromatic carbocycles. The third kappa shape index (κ3) is 0.896. The molecule has 0 aliphatic rings. The fourth-order valence-corrected chi connectivity index (χ4v) is 0.711. The fraction of sp³-hybridized carbons (Fsp3) is 0.333. The lowest BCUT2D eigenvalue weighted by atomic mass is 10.2. The first kappa shape index (κ1) is 6.13. The molecular formula is C6H10N3. The van der Waals surface area contributed by atoms with Gasteiger partial charge in [-0.2, -0.15) is 5.10 Å². The summed E-state index contributed by atoms with van der Waals surface area (Å²) in [6, 6.07) is 0. The number of aryl methyl sites for hydroxylation is 1. The smallest absolute Gasteiger partial charge is 0.122 e. The Morgan fingerprint density at radius 2 is 2.44 bits per heavy atom. The maximum absolute atomic E-state index is 5.44. The second-order valence-corrected chi connectivity index (χ2v) is 1.92. The third-order valence-corrected chi connectivity index (χ3v) is 1.32. The average molecular weight is 124 g/mol. The number of nitrogens with one attached hydrogen (secondary N) is 1. The molecule has 0 fully saturated rings. The highest BCUT2D eigenvalue weighted by Crippen LogP contribution is 2.10. The van der Waals surface area contributed by atoms with Crippen LogP contribution in [0.25, 0.3) is 0 Å². The van der Waals surface area contributed by atoms with Crippen LogP contribution >= 0.6 is 0 Å². The van der Waals surface area contributed by atoms with Gasteiger partial charge in [-0.1, -0.05) is 6.92 Å². The van der Waals surface area contributed by atoms with Crippen LogP contribution in [0, 0.1) is 6.92 Å². The van der Waals surface area contributed by atoms with Crippen LogP contribution < -0.4 is 5.73 Å². The highest BCUT2D eigenvalue weighted by molar-refractivity contribution is 5.43. The van der Waals surface area contributed by atoms with E-state index in [9.17, 15) is 0 Å². The van der Waals surface area contributed by atoms with Gasteiger partial charge in [-0.05, 0) is 13.3 Å². The molecule has 3 N–H and O–H groups in total. The highest BCUT2D eigenvalue weighted by Gasteiger charge is 2.01. The van der Waals surface area contributed by atoms with Gasteiger partial charge in [-0.25, -0.2) is 0 Å². The Hall–Kier alpha value is -0.990. The van der Waals surface area contributed by atoms with Gasteiger partial charge in [-0.15, -0.1) is 0 Å². The zero-order valence-electron chi connectivity index (χ0n) is 5.44. The molecule has 1 aromatic heterocycles. The quantitative estimate of drug-likeness (QED) is 0.580. The molecule has 1 heterocycles. The number of anilines is 1. The van der Waals surface area contributed by atoms with E-state index in [0.29, 0.717) is 5.82 Å². The van der Waals surface area contributed by atoms with Crippen LogP contribution in [-0.2, 0) is 6.42 Å². The molecule has 0 bridgehead atoms. The standard InChI is InChI=1S/C6H10N3/c1-3-5-4(2)6(7)9-8-5/h2-3H2,1H3,(H3,7,8,9). The zero-order chi connectivity index (χ0) is 6.85. The molecule has 1 rings (SSSR count). The Bertz CT molecular complexity index is 202. The van der Waals surface area contributed by atoms with E-state index < -0.39 is 0 Å². The monoisotopic (exact) mass is 124 g/mol. The lowest BCUT2D eigenvalue weighted by Crippen LogP contribution is -1.86. The summed E-state index contributed by atoms with van der Waals surface area (Å²) in [5, 5.41) is 6.57. The van der Waals surface area contributed by atoms with Crippen molar-refractivity contribution in [3.05, 3.63) is 18.2 Å². The Balaban J connectivity index is 3.04. The second-order valence-electron chi connectivity index (χ2n) is 1.92. The SMILES string of the molecule is [CH2]c1c(CC)n[nH]c1N. The van der Waals surface area contributed by atoms with Crippen LogP contribution in [0.4, 0.5) is 5.82 Å². The summed E-state index contributed by atoms with van der Waals surface area (Å²) in [4.78, 5) is 0. The predicted molar refractivity (Wildman–Crippen MR) is 36.8 cm³/mol. The molecule has 0 aliphatic carbocycles. The highest BCUT2D eigenvalue weighted by atomic mass is 15.2. The van der Waals surface area contributed by atoms with E-state index in [-0.39, 0.29) is 0 Å². The van der Waals surface area contributed by atoms with Gasteiger partial charge in [0, 0.05) is 5.56 Å². The van der Waals surface area contributed by atoms with Crippen molar-refractivity contribution in [3.8, 4) is 0 Å². The molecule has 0 aliphatic heterocycles. The minimum Gasteiger partial charge on any atom is -0.384 e. The van der Waals surface area contributed by atoms with Gasteiger partial charge in [0.25, 0.3) is 0 Å². The van der Waals surface area contributed by atoms with Crippen LogP contribution in [0.15, 0.2) is 0 Å². The molecule has 3 heteroatoms. The first-order valence-corrected chi connectivity index (χ1v) is 2.90. The molecule has 1 aromatic rings. The molecular weight excluding hydrogens is 114 g/mol. The van der Waals surface area contributed by atoms with Crippen LogP contribution in [0.3, 0.4) is 0 Å². The van der Waals surface area contributed by atoms with E-state index in [1.807, 2.05) is 6.92 Å². The predicted octanol–water partition coefficient (Wildman–Crippen LogP) is 0.736. The number of nitrogens with zero attached hydrogens (tertiary/aromatic N) is 1. The van der Waals surface area contributed by atoms with E-state index in [0.717, 1.165) is 17.7 Å². The van der Waals surface area contributed by atoms with Crippen molar-refractivity contribution in [2.45, 2.75) is 13.3 Å². The Labute approximate surface area is 54.3 Å². The Morgan fingerprint density at radius 1 is 1.78 bits per heavy atom. The molecule has 0 spiro atoms. The number of hydrogen-bond donors (Lipinski definition) is 2. The normalized spacial score (nSPS) is 10.0. The third-order valence-electron chi connectivity index (χ3n) is 1.32. The summed E-state index contributed by atoms with van der Waals surface area (Å²) in [5.41, 5.74) is 7.22. The maximum Gasteiger partial charge on any atom is 0.122 e. The van der Waals surface area contributed by atoms with Gasteiger partial charge in [0.1, 0.15) is 5.82 Å². The number of aromatic amines is 1. The largest absolute Gasteiger partial charge is 0.384 e. The maximum atomic E-state index is 5.44. The van der Waals surface area contributed by atoms with Crippen molar-refractivity contribution < 1.29 is 0 Å². The number of nitrogen functional groups attached to an aromatic ring is 1. The Morgan fingerprint density at radius 3 is 2.67 bits per heavy atom. The molecule has 49 valence electrons. The van der Waals surface area contributed by atoms with Crippen LogP contribution in [0.5, 0.6) is 0 Å². The number of H-pyrrole nitrogens is 1. The molecule has 1 radical (unpaired) electrons. The van der Waals surface area contributed by atoms with E-state index in [1.54, 1.807) is 0 Å². The molecule has 9 heavy (non-hydrogen) atoms. The van der Waals surface area contributed by atoms with Gasteiger partial charge < -0.3 is 5.73 Å². The first-order valence-electron chi connectivity index (χ1n) is 2.90. The van der Waals surface area contributed by atoms with E-state index in [1.165, 1.54) is 0 Å². The van der Waals surface area contributed by atoms with Crippen LogP contribution in [0.1, 0.15) is 18.2 Å². The van der Waals surface area contributed by atoms with Crippen LogP contribution in [-0.4, -0.2) is 10.2 Å².